The summed E-state index contributed by atoms with van der Waals surface area (Å²) in [6.07, 6.45) is 7.14. The Balaban J connectivity index is 1.75. The van der Waals surface area contributed by atoms with E-state index in [2.05, 4.69) is 10.5 Å². The van der Waals surface area contributed by atoms with Gasteiger partial charge in [-0.3, -0.25) is 14.9 Å². The fraction of sp³-hybridized carbons (Fsp3) is 0.357. The second kappa shape index (κ2) is 12.4. The fourth-order valence-corrected chi connectivity index (χ4v) is 4.77. The summed E-state index contributed by atoms with van der Waals surface area (Å²) in [5.41, 5.74) is 2.59. The van der Waals surface area contributed by atoms with E-state index in [9.17, 15) is 23.7 Å². The number of rotatable bonds is 11. The van der Waals surface area contributed by atoms with Gasteiger partial charge >= 0.3 is 0 Å². The van der Waals surface area contributed by atoms with Crippen LogP contribution in [0.3, 0.4) is 0 Å². The minimum atomic E-state index is -1.06. The number of oxime groups is 1. The summed E-state index contributed by atoms with van der Waals surface area (Å²) in [6.45, 7) is 2.78. The molecule has 1 N–H and O–H groups in total. The van der Waals surface area contributed by atoms with Crippen LogP contribution in [0, 0.1) is 21.7 Å². The Hall–Kier alpha value is -4.08. The quantitative estimate of drug-likeness (QED) is 0.129. The normalized spacial score (nSPS) is 13.8. The van der Waals surface area contributed by atoms with E-state index in [0.29, 0.717) is 23.4 Å². The molecule has 1 aliphatic rings. The summed E-state index contributed by atoms with van der Waals surface area (Å²) >= 11 is 0. The van der Waals surface area contributed by atoms with Crippen LogP contribution in [0.15, 0.2) is 53.7 Å². The zero-order valence-corrected chi connectivity index (χ0v) is 21.2. The Morgan fingerprint density at radius 2 is 1.97 bits per heavy atom. The molecule has 1 aliphatic carbocycles. The number of nitrogens with zero attached hydrogens (tertiary/aromatic N) is 3. The second-order valence-electron chi connectivity index (χ2n) is 9.37. The van der Waals surface area contributed by atoms with Gasteiger partial charge in [0.1, 0.15) is 6.61 Å². The molecule has 4 rings (SSSR count). The molecule has 0 atom stereocenters. The molecular formula is C28H30F2N4O4. The van der Waals surface area contributed by atoms with E-state index in [1.165, 1.54) is 18.2 Å². The summed E-state index contributed by atoms with van der Waals surface area (Å²) in [5.74, 6) is -2.43. The molecule has 1 amide bonds. The molecule has 1 aromatic heterocycles. The van der Waals surface area contributed by atoms with Crippen LogP contribution in [0.2, 0.25) is 0 Å². The molecule has 0 radical (unpaired) electrons. The van der Waals surface area contributed by atoms with Gasteiger partial charge in [-0.05, 0) is 43.0 Å². The molecule has 38 heavy (non-hydrogen) atoms. The van der Waals surface area contributed by atoms with Crippen molar-refractivity contribution in [3.63, 3.8) is 0 Å². The highest BCUT2D eigenvalue weighted by atomic mass is 19.2. The van der Waals surface area contributed by atoms with Crippen molar-refractivity contribution in [2.24, 2.45) is 5.16 Å². The number of benzene rings is 2. The van der Waals surface area contributed by atoms with E-state index < -0.39 is 22.5 Å². The van der Waals surface area contributed by atoms with Gasteiger partial charge in [0.05, 0.1) is 22.4 Å². The maximum absolute atomic E-state index is 13.8. The van der Waals surface area contributed by atoms with Gasteiger partial charge in [0.25, 0.3) is 11.6 Å². The third-order valence-electron chi connectivity index (χ3n) is 6.65. The van der Waals surface area contributed by atoms with E-state index in [0.717, 1.165) is 56.4 Å². The molecule has 2 aromatic carbocycles. The Morgan fingerprint density at radius 1 is 1.18 bits per heavy atom. The van der Waals surface area contributed by atoms with Gasteiger partial charge in [-0.2, -0.15) is 0 Å². The third kappa shape index (κ3) is 6.42. The third-order valence-corrected chi connectivity index (χ3v) is 6.65. The first-order valence-electron chi connectivity index (χ1n) is 12.8. The first-order chi connectivity index (χ1) is 18.4. The number of hydrogen-bond acceptors (Lipinski definition) is 5. The molecule has 10 heteroatoms. The average molecular weight is 525 g/mol. The zero-order valence-electron chi connectivity index (χ0n) is 21.2. The van der Waals surface area contributed by atoms with E-state index in [-0.39, 0.29) is 23.8 Å². The number of aromatic nitrogens is 1. The van der Waals surface area contributed by atoms with Gasteiger partial charge in [-0.1, -0.05) is 43.5 Å². The highest BCUT2D eigenvalue weighted by molar-refractivity contribution is 6.06. The molecule has 0 bridgehead atoms. The zero-order chi connectivity index (χ0) is 27.1. The van der Waals surface area contributed by atoms with Crippen LogP contribution in [0.1, 0.15) is 78.7 Å². The molecule has 0 spiro atoms. The first kappa shape index (κ1) is 27.0. The highest BCUT2D eigenvalue weighted by Gasteiger charge is 2.29. The summed E-state index contributed by atoms with van der Waals surface area (Å²) in [5, 5.41) is 18.1. The van der Waals surface area contributed by atoms with Crippen LogP contribution in [0.4, 0.5) is 20.2 Å². The number of nitro benzene ring substituents is 1. The van der Waals surface area contributed by atoms with Crippen molar-refractivity contribution in [3.8, 4) is 0 Å². The van der Waals surface area contributed by atoms with E-state index in [1.54, 1.807) is 24.4 Å². The standard InChI is InChI=1S/C28H30F2N4O4/c1-2-3-13-38-31-17-23-16-24(28(35)32-21-11-12-25(29)26(30)15-21)27(20-8-4-5-9-20)33(23)18-19-7-6-10-22(14-19)34(36)37/h6-7,10-12,14-17,20H,2-5,8-9,13,18H2,1H3,(H,32,35)/b31-17+. The highest BCUT2D eigenvalue weighted by Crippen LogP contribution is 2.38. The van der Waals surface area contributed by atoms with Crippen LogP contribution >= 0.6 is 0 Å². The Kier molecular flexibility index (Phi) is 8.83. The van der Waals surface area contributed by atoms with Crippen molar-refractivity contribution in [3.05, 3.63) is 92.8 Å². The number of non-ortho nitro benzene ring substituents is 1. The van der Waals surface area contributed by atoms with Gasteiger partial charge in [-0.25, -0.2) is 8.78 Å². The SMILES string of the molecule is CCCCO/N=C/c1cc(C(=O)Nc2ccc(F)c(F)c2)c(C2CCCC2)n1Cc1cccc([N+](=O)[O-])c1. The van der Waals surface area contributed by atoms with E-state index in [4.69, 9.17) is 4.84 Å². The lowest BCUT2D eigenvalue weighted by Gasteiger charge is -2.18. The number of carbonyl (C=O) groups is 1. The monoisotopic (exact) mass is 524 g/mol. The number of anilines is 1. The molecule has 0 saturated heterocycles. The average Bonchev–Trinajstić information content (AvgIpc) is 3.55. The van der Waals surface area contributed by atoms with Crippen LogP contribution in [0.5, 0.6) is 0 Å². The van der Waals surface area contributed by atoms with Gasteiger partial charge in [0.15, 0.2) is 11.6 Å². The number of carbonyl (C=O) groups excluding carboxylic acids is 1. The van der Waals surface area contributed by atoms with Crippen molar-refractivity contribution >= 4 is 23.5 Å². The molecule has 1 fully saturated rings. The van der Waals surface area contributed by atoms with Gasteiger partial charge in [0.2, 0.25) is 0 Å². The summed E-state index contributed by atoms with van der Waals surface area (Å²) in [7, 11) is 0. The summed E-state index contributed by atoms with van der Waals surface area (Å²) < 4.78 is 29.1. The van der Waals surface area contributed by atoms with Crippen molar-refractivity contribution < 1.29 is 23.3 Å². The predicted molar refractivity (Wildman–Crippen MR) is 141 cm³/mol. The van der Waals surface area contributed by atoms with E-state index >= 15 is 0 Å². The molecule has 3 aromatic rings. The van der Waals surface area contributed by atoms with Crippen molar-refractivity contribution in [1.29, 1.82) is 0 Å². The van der Waals surface area contributed by atoms with Crippen LogP contribution in [0.25, 0.3) is 0 Å². The lowest BCUT2D eigenvalue weighted by molar-refractivity contribution is -0.384. The van der Waals surface area contributed by atoms with Gasteiger partial charge in [0, 0.05) is 42.0 Å². The minimum absolute atomic E-state index is 0.0218. The smallest absolute Gasteiger partial charge is 0.269 e. The number of amides is 1. The number of unbranched alkanes of at least 4 members (excludes halogenated alkanes) is 1. The maximum atomic E-state index is 13.8. The number of hydrogen-bond donors (Lipinski definition) is 1. The second-order valence-corrected chi connectivity index (χ2v) is 9.37. The molecule has 0 unspecified atom stereocenters. The number of nitrogens with one attached hydrogen (secondary N) is 1. The number of halogens is 2. The topological polar surface area (TPSA) is 98.8 Å². The fourth-order valence-electron chi connectivity index (χ4n) is 4.77. The molecule has 1 heterocycles. The largest absolute Gasteiger partial charge is 0.396 e. The van der Waals surface area contributed by atoms with Crippen molar-refractivity contribution in [1.82, 2.24) is 4.57 Å². The van der Waals surface area contributed by atoms with Crippen LogP contribution in [-0.2, 0) is 11.4 Å². The molecule has 0 aliphatic heterocycles. The van der Waals surface area contributed by atoms with Gasteiger partial charge in [-0.15, -0.1) is 0 Å². The molecule has 1 saturated carbocycles. The minimum Gasteiger partial charge on any atom is -0.396 e. The Morgan fingerprint density at radius 3 is 2.68 bits per heavy atom. The summed E-state index contributed by atoms with van der Waals surface area (Å²) in [4.78, 5) is 29.7. The van der Waals surface area contributed by atoms with E-state index in [1.807, 2.05) is 11.5 Å². The predicted octanol–water partition coefficient (Wildman–Crippen LogP) is 6.78. The maximum Gasteiger partial charge on any atom is 0.269 e. The lowest BCUT2D eigenvalue weighted by Crippen LogP contribution is -2.17. The molecule has 8 nitrogen and oxygen atoms in total. The Bertz CT molecular complexity index is 1330. The summed E-state index contributed by atoms with van der Waals surface area (Å²) in [6, 6.07) is 11.3. The van der Waals surface area contributed by atoms with Gasteiger partial charge < -0.3 is 14.7 Å². The van der Waals surface area contributed by atoms with Crippen molar-refractivity contribution in [2.45, 2.75) is 57.9 Å². The van der Waals surface area contributed by atoms with Crippen LogP contribution in [-0.4, -0.2) is 28.2 Å². The Labute approximate surface area is 219 Å². The first-order valence-corrected chi connectivity index (χ1v) is 12.8. The molecule has 200 valence electrons. The molecular weight excluding hydrogens is 494 g/mol. The van der Waals surface area contributed by atoms with Crippen LogP contribution < -0.4 is 5.32 Å². The lowest BCUT2D eigenvalue weighted by atomic mass is 9.99. The van der Waals surface area contributed by atoms with Crippen molar-refractivity contribution in [2.75, 3.05) is 11.9 Å². The number of nitro groups is 1.